The first-order valence-electron chi connectivity index (χ1n) is 17.2. The van der Waals surface area contributed by atoms with Gasteiger partial charge in [0, 0.05) is 36.7 Å². The molecule has 0 spiro atoms. The standard InChI is InChI=1S/C45H43N5OS/c1-34-26-30-40(31-27-34)49(44(51)36-18-10-6-11-19-36)42(47(3)38-22-14-8-15-23-38)43(48(4)39-24-16-9-17-25-39)50(41-32-28-35(2)29-33-41)45(52-5)46-37-20-12-7-13-21-37/h6-33H,1-5H3/b43-42+,46-45?. The van der Waals surface area contributed by atoms with Crippen molar-refractivity contribution >= 4 is 51.3 Å². The molecule has 7 heteroatoms. The minimum Gasteiger partial charge on any atom is -0.327 e. The molecule has 0 aromatic heterocycles. The fourth-order valence-electron chi connectivity index (χ4n) is 5.90. The molecule has 0 saturated carbocycles. The number of anilines is 4. The van der Waals surface area contributed by atoms with Crippen molar-refractivity contribution in [2.75, 3.05) is 40.0 Å². The number of carbonyl (C=O) groups is 1. The van der Waals surface area contributed by atoms with Crippen LogP contribution in [0.15, 0.2) is 186 Å². The molecule has 0 heterocycles. The molecule has 0 N–H and O–H groups in total. The van der Waals surface area contributed by atoms with E-state index in [-0.39, 0.29) is 5.91 Å². The third-order valence-electron chi connectivity index (χ3n) is 8.71. The smallest absolute Gasteiger partial charge is 0.264 e. The van der Waals surface area contributed by atoms with Gasteiger partial charge in [0.15, 0.2) is 16.8 Å². The molecule has 0 aliphatic heterocycles. The zero-order valence-electron chi connectivity index (χ0n) is 30.2. The van der Waals surface area contributed by atoms with E-state index in [9.17, 15) is 0 Å². The average molecular weight is 702 g/mol. The van der Waals surface area contributed by atoms with Gasteiger partial charge >= 0.3 is 0 Å². The predicted octanol–water partition coefficient (Wildman–Crippen LogP) is 10.9. The van der Waals surface area contributed by atoms with Crippen molar-refractivity contribution in [3.8, 4) is 0 Å². The lowest BCUT2D eigenvalue weighted by Crippen LogP contribution is -2.47. The molecule has 6 nitrogen and oxygen atoms in total. The molecular formula is C45H43N5OS. The number of rotatable bonds is 10. The number of benzene rings is 6. The molecule has 0 bridgehead atoms. The number of carbonyl (C=O) groups excluding carboxylic acids is 1. The van der Waals surface area contributed by atoms with Gasteiger partial charge in [-0.05, 0) is 92.9 Å². The number of amidine groups is 1. The Kier molecular flexibility index (Phi) is 11.5. The fraction of sp³-hybridized carbons (Fsp3) is 0.111. The molecular weight excluding hydrogens is 659 g/mol. The second-order valence-electron chi connectivity index (χ2n) is 12.4. The number of hydrogen-bond donors (Lipinski definition) is 0. The number of amides is 1. The number of nitrogens with zero attached hydrogens (tertiary/aromatic N) is 5. The molecule has 0 unspecified atom stereocenters. The summed E-state index contributed by atoms with van der Waals surface area (Å²) >= 11 is 1.55. The van der Waals surface area contributed by atoms with Crippen LogP contribution in [0.1, 0.15) is 21.5 Å². The molecule has 6 rings (SSSR count). The van der Waals surface area contributed by atoms with Crippen molar-refractivity contribution in [2.45, 2.75) is 13.8 Å². The van der Waals surface area contributed by atoms with Crippen LogP contribution in [0.5, 0.6) is 0 Å². The van der Waals surface area contributed by atoms with Crippen LogP contribution in [-0.2, 0) is 0 Å². The van der Waals surface area contributed by atoms with Gasteiger partial charge in [-0.15, -0.1) is 0 Å². The summed E-state index contributed by atoms with van der Waals surface area (Å²) in [7, 11) is 4.06. The van der Waals surface area contributed by atoms with Crippen molar-refractivity contribution in [1.82, 2.24) is 0 Å². The van der Waals surface area contributed by atoms with Gasteiger partial charge in [0.1, 0.15) is 0 Å². The Morgan fingerprint density at radius 3 is 1.31 bits per heavy atom. The van der Waals surface area contributed by atoms with Crippen LogP contribution in [0, 0.1) is 13.8 Å². The van der Waals surface area contributed by atoms with Gasteiger partial charge in [-0.1, -0.05) is 120 Å². The van der Waals surface area contributed by atoms with E-state index in [2.05, 4.69) is 77.1 Å². The Labute approximate surface area is 312 Å². The monoisotopic (exact) mass is 701 g/mol. The van der Waals surface area contributed by atoms with E-state index >= 15 is 4.79 Å². The number of aliphatic imine (C=N–C) groups is 1. The number of aryl methyl sites for hydroxylation is 2. The third-order valence-corrected chi connectivity index (χ3v) is 9.35. The average Bonchev–Trinajstić information content (AvgIpc) is 3.20. The topological polar surface area (TPSA) is 42.4 Å². The molecule has 0 aliphatic rings. The molecule has 0 fully saturated rings. The molecule has 6 aromatic carbocycles. The molecule has 6 aromatic rings. The van der Waals surface area contributed by atoms with Crippen LogP contribution in [-0.4, -0.2) is 31.4 Å². The molecule has 260 valence electrons. The fourth-order valence-corrected chi connectivity index (χ4v) is 6.48. The van der Waals surface area contributed by atoms with E-state index in [1.54, 1.807) is 11.8 Å². The van der Waals surface area contributed by atoms with E-state index in [1.807, 2.05) is 147 Å². The van der Waals surface area contributed by atoms with Gasteiger partial charge in [-0.3, -0.25) is 14.6 Å². The second kappa shape index (κ2) is 16.8. The lowest BCUT2D eigenvalue weighted by atomic mass is 10.1. The van der Waals surface area contributed by atoms with Crippen LogP contribution < -0.4 is 19.6 Å². The molecule has 0 atom stereocenters. The largest absolute Gasteiger partial charge is 0.327 e. The number of hydrogen-bond acceptors (Lipinski definition) is 5. The van der Waals surface area contributed by atoms with E-state index in [0.717, 1.165) is 50.6 Å². The minimum absolute atomic E-state index is 0.171. The van der Waals surface area contributed by atoms with E-state index in [0.29, 0.717) is 11.4 Å². The molecule has 0 saturated heterocycles. The summed E-state index contributed by atoms with van der Waals surface area (Å²) in [4.78, 5) is 28.7. The zero-order valence-corrected chi connectivity index (χ0v) is 31.0. The summed E-state index contributed by atoms with van der Waals surface area (Å²) in [5.74, 6) is 1.18. The Morgan fingerprint density at radius 2 is 0.865 bits per heavy atom. The number of para-hydroxylation sites is 3. The Hall–Kier alpha value is -6.05. The second-order valence-corrected chi connectivity index (χ2v) is 13.2. The first-order chi connectivity index (χ1) is 25.4. The van der Waals surface area contributed by atoms with Crippen LogP contribution >= 0.6 is 11.8 Å². The highest BCUT2D eigenvalue weighted by Crippen LogP contribution is 2.37. The summed E-state index contributed by atoms with van der Waals surface area (Å²) in [5, 5.41) is 0.725. The molecule has 1 amide bonds. The lowest BCUT2D eigenvalue weighted by Gasteiger charge is -2.41. The maximum absolute atomic E-state index is 15.2. The highest BCUT2D eigenvalue weighted by Gasteiger charge is 2.35. The van der Waals surface area contributed by atoms with Gasteiger partial charge < -0.3 is 9.80 Å². The summed E-state index contributed by atoms with van der Waals surface area (Å²) in [5.41, 5.74) is 7.08. The normalized spacial score (nSPS) is 11.8. The summed E-state index contributed by atoms with van der Waals surface area (Å²) < 4.78 is 0. The summed E-state index contributed by atoms with van der Waals surface area (Å²) in [6.45, 7) is 4.14. The van der Waals surface area contributed by atoms with E-state index in [1.165, 1.54) is 0 Å². The van der Waals surface area contributed by atoms with Gasteiger partial charge in [-0.2, -0.15) is 0 Å². The number of thioether (sulfide) groups is 1. The van der Waals surface area contributed by atoms with Gasteiger partial charge in [-0.25, -0.2) is 4.99 Å². The summed E-state index contributed by atoms with van der Waals surface area (Å²) in [6.07, 6.45) is 2.04. The van der Waals surface area contributed by atoms with Crippen LogP contribution in [0.3, 0.4) is 0 Å². The van der Waals surface area contributed by atoms with Crippen molar-refractivity contribution in [3.63, 3.8) is 0 Å². The minimum atomic E-state index is -0.171. The molecule has 0 radical (unpaired) electrons. The van der Waals surface area contributed by atoms with Crippen LogP contribution in [0.2, 0.25) is 0 Å². The van der Waals surface area contributed by atoms with Crippen molar-refractivity contribution in [3.05, 3.63) is 198 Å². The van der Waals surface area contributed by atoms with E-state index in [4.69, 9.17) is 4.99 Å². The van der Waals surface area contributed by atoms with E-state index < -0.39 is 0 Å². The van der Waals surface area contributed by atoms with Crippen LogP contribution in [0.4, 0.5) is 28.4 Å². The van der Waals surface area contributed by atoms with Crippen molar-refractivity contribution < 1.29 is 4.79 Å². The lowest BCUT2D eigenvalue weighted by molar-refractivity contribution is 0.0994. The van der Waals surface area contributed by atoms with Gasteiger partial charge in [0.25, 0.3) is 5.91 Å². The highest BCUT2D eigenvalue weighted by atomic mass is 32.2. The van der Waals surface area contributed by atoms with Gasteiger partial charge in [0.2, 0.25) is 0 Å². The van der Waals surface area contributed by atoms with Gasteiger partial charge in [0.05, 0.1) is 11.4 Å². The van der Waals surface area contributed by atoms with Crippen LogP contribution in [0.25, 0.3) is 0 Å². The predicted molar refractivity (Wildman–Crippen MR) is 222 cm³/mol. The molecule has 0 aliphatic carbocycles. The molecule has 52 heavy (non-hydrogen) atoms. The first-order valence-corrected chi connectivity index (χ1v) is 18.4. The third kappa shape index (κ3) is 8.12. The Balaban J connectivity index is 1.79. The quantitative estimate of drug-likeness (QED) is 0.105. The Bertz CT molecular complexity index is 2120. The maximum Gasteiger partial charge on any atom is 0.264 e. The zero-order chi connectivity index (χ0) is 36.5. The Morgan fingerprint density at radius 1 is 0.481 bits per heavy atom. The highest BCUT2D eigenvalue weighted by molar-refractivity contribution is 8.13. The van der Waals surface area contributed by atoms with Crippen molar-refractivity contribution in [2.24, 2.45) is 4.99 Å². The SMILES string of the molecule is CSC(=Nc1ccccc1)N(/C(=C(\N(C)c1ccccc1)N(C(=O)c1ccccc1)c1ccc(C)cc1)N(C)c1ccccc1)c1ccc(C)cc1. The summed E-state index contributed by atoms with van der Waals surface area (Å²) in [6, 6.07) is 56.4. The maximum atomic E-state index is 15.2. The first kappa shape index (κ1) is 35.8. The van der Waals surface area contributed by atoms with Crippen molar-refractivity contribution in [1.29, 1.82) is 0 Å².